The standard InChI is InChI=1S/C26H22F3N5O5S/c1-2-38-17-5-7-18(8-6-17)39-19-11-15(10-16(12-19)34(36)37)30-25(35)21-14-24-31-20(22-4-3-9-40-22)13-23(26(27,28)29)33(24)32-21/h3-12,14,20,23,31H,2,13H2,1H3,(H,30,35)/t20-,23-/m0/s1. The summed E-state index contributed by atoms with van der Waals surface area (Å²) in [6.07, 6.45) is -4.89. The lowest BCUT2D eigenvalue weighted by molar-refractivity contribution is -0.384. The van der Waals surface area contributed by atoms with E-state index in [1.807, 2.05) is 6.92 Å². The Labute approximate surface area is 229 Å². The molecule has 1 aliphatic rings. The van der Waals surface area contributed by atoms with E-state index in [1.54, 1.807) is 41.8 Å². The molecule has 0 radical (unpaired) electrons. The number of halogens is 3. The number of nitro benzene ring substituents is 1. The fraction of sp³-hybridized carbons (Fsp3) is 0.231. The zero-order chi connectivity index (χ0) is 28.4. The molecule has 2 aromatic heterocycles. The van der Waals surface area contributed by atoms with Crippen molar-refractivity contribution >= 4 is 34.4 Å². The highest BCUT2D eigenvalue weighted by Gasteiger charge is 2.47. The van der Waals surface area contributed by atoms with E-state index in [0.717, 1.165) is 15.6 Å². The van der Waals surface area contributed by atoms with Crippen molar-refractivity contribution in [1.82, 2.24) is 9.78 Å². The topological polar surface area (TPSA) is 121 Å². The molecular formula is C26H22F3N5O5S. The molecule has 0 unspecified atom stereocenters. The van der Waals surface area contributed by atoms with Gasteiger partial charge in [-0.1, -0.05) is 6.07 Å². The number of fused-ring (bicyclic) bond motifs is 1. The summed E-state index contributed by atoms with van der Waals surface area (Å²) in [6, 6.07) is 12.4. The van der Waals surface area contributed by atoms with Crippen molar-refractivity contribution in [3.05, 3.63) is 86.7 Å². The summed E-state index contributed by atoms with van der Waals surface area (Å²) in [7, 11) is 0. The maximum absolute atomic E-state index is 13.9. The summed E-state index contributed by atoms with van der Waals surface area (Å²) in [6.45, 7) is 2.32. The molecule has 208 valence electrons. The minimum atomic E-state index is -4.60. The highest BCUT2D eigenvalue weighted by molar-refractivity contribution is 7.10. The Bertz CT molecular complexity index is 1520. The number of carbonyl (C=O) groups is 1. The Morgan fingerprint density at radius 2 is 1.93 bits per heavy atom. The van der Waals surface area contributed by atoms with E-state index in [2.05, 4.69) is 15.7 Å². The molecule has 0 spiro atoms. The quantitative estimate of drug-likeness (QED) is 0.173. The number of nitro groups is 1. The van der Waals surface area contributed by atoms with Crippen LogP contribution in [0.15, 0.2) is 66.0 Å². The van der Waals surface area contributed by atoms with Crippen LogP contribution >= 0.6 is 11.3 Å². The largest absolute Gasteiger partial charge is 0.494 e. The van der Waals surface area contributed by atoms with Crippen LogP contribution in [0, 0.1) is 10.1 Å². The molecule has 14 heteroatoms. The van der Waals surface area contributed by atoms with E-state index >= 15 is 0 Å². The highest BCUT2D eigenvalue weighted by atomic mass is 32.1. The van der Waals surface area contributed by atoms with Crippen LogP contribution in [0.2, 0.25) is 0 Å². The molecule has 0 fully saturated rings. The third-order valence-electron chi connectivity index (χ3n) is 6.04. The average Bonchev–Trinajstić information content (AvgIpc) is 3.59. The summed E-state index contributed by atoms with van der Waals surface area (Å²) < 4.78 is 53.6. The van der Waals surface area contributed by atoms with Crippen LogP contribution < -0.4 is 20.1 Å². The van der Waals surface area contributed by atoms with Crippen LogP contribution in [0.4, 0.5) is 30.4 Å². The Morgan fingerprint density at radius 1 is 1.18 bits per heavy atom. The molecule has 1 amide bonds. The number of rotatable bonds is 8. The third-order valence-corrected chi connectivity index (χ3v) is 7.03. The number of nitrogens with one attached hydrogen (secondary N) is 2. The van der Waals surface area contributed by atoms with Crippen LogP contribution in [0.5, 0.6) is 17.2 Å². The van der Waals surface area contributed by atoms with Gasteiger partial charge >= 0.3 is 6.18 Å². The normalized spacial score (nSPS) is 16.5. The van der Waals surface area contributed by atoms with E-state index in [9.17, 15) is 28.1 Å². The molecule has 0 aliphatic carbocycles. The Hall–Kier alpha value is -4.59. The zero-order valence-electron chi connectivity index (χ0n) is 20.8. The number of ether oxygens (including phenoxy) is 2. The fourth-order valence-corrected chi connectivity index (χ4v) is 5.07. The van der Waals surface area contributed by atoms with Crippen molar-refractivity contribution in [2.45, 2.75) is 31.6 Å². The third kappa shape index (κ3) is 5.86. The van der Waals surface area contributed by atoms with Crippen molar-refractivity contribution in [2.24, 2.45) is 0 Å². The number of amides is 1. The van der Waals surface area contributed by atoms with Gasteiger partial charge in [0.25, 0.3) is 11.6 Å². The number of thiophene rings is 1. The predicted molar refractivity (Wildman–Crippen MR) is 141 cm³/mol. The molecule has 2 N–H and O–H groups in total. The van der Waals surface area contributed by atoms with Crippen molar-refractivity contribution in [3.8, 4) is 17.2 Å². The molecule has 10 nitrogen and oxygen atoms in total. The monoisotopic (exact) mass is 573 g/mol. The molecule has 0 saturated heterocycles. The van der Waals surface area contributed by atoms with Crippen LogP contribution in [0.1, 0.15) is 40.8 Å². The Morgan fingerprint density at radius 3 is 2.58 bits per heavy atom. The SMILES string of the molecule is CCOc1ccc(Oc2cc(NC(=O)c3cc4n(n3)[C@H](C(F)(F)F)C[C@@H](c3cccs3)N4)cc([N+](=O)[O-])c2)cc1. The van der Waals surface area contributed by atoms with Gasteiger partial charge in [-0.15, -0.1) is 11.3 Å². The van der Waals surface area contributed by atoms with Gasteiger partial charge in [0.05, 0.1) is 29.3 Å². The number of alkyl halides is 3. The van der Waals surface area contributed by atoms with Crippen molar-refractivity contribution in [2.75, 3.05) is 17.2 Å². The molecule has 1 aliphatic heterocycles. The van der Waals surface area contributed by atoms with Crippen LogP contribution in [0.25, 0.3) is 0 Å². The molecule has 0 bridgehead atoms. The fourth-order valence-electron chi connectivity index (χ4n) is 4.28. The summed E-state index contributed by atoms with van der Waals surface area (Å²) in [5, 5.41) is 22.7. The Kier molecular flexibility index (Phi) is 7.34. The number of carbonyl (C=O) groups excluding carboxylic acids is 1. The first-order valence-corrected chi connectivity index (χ1v) is 13.0. The first kappa shape index (κ1) is 27.0. The van der Waals surface area contributed by atoms with Gasteiger partial charge in [-0.2, -0.15) is 18.3 Å². The van der Waals surface area contributed by atoms with E-state index in [-0.39, 0.29) is 35.1 Å². The zero-order valence-corrected chi connectivity index (χ0v) is 21.7. The molecule has 4 aromatic rings. The van der Waals surface area contributed by atoms with Crippen molar-refractivity contribution in [1.29, 1.82) is 0 Å². The smallest absolute Gasteiger partial charge is 0.410 e. The lowest BCUT2D eigenvalue weighted by atomic mass is 10.0. The minimum absolute atomic E-state index is 0.00269. The van der Waals surface area contributed by atoms with E-state index in [1.165, 1.54) is 29.5 Å². The first-order chi connectivity index (χ1) is 19.1. The number of anilines is 2. The molecule has 5 rings (SSSR count). The molecule has 3 heterocycles. The van der Waals surface area contributed by atoms with Crippen LogP contribution in [0.3, 0.4) is 0 Å². The number of benzene rings is 2. The highest BCUT2D eigenvalue weighted by Crippen LogP contribution is 2.44. The summed E-state index contributed by atoms with van der Waals surface area (Å²) in [4.78, 5) is 24.6. The van der Waals surface area contributed by atoms with Gasteiger partial charge in [0.1, 0.15) is 23.1 Å². The number of non-ortho nitro benzene ring substituents is 1. The second kappa shape index (κ2) is 10.9. The maximum atomic E-state index is 13.9. The van der Waals surface area contributed by atoms with Gasteiger partial charge in [-0.25, -0.2) is 4.68 Å². The van der Waals surface area contributed by atoms with Gasteiger partial charge in [0, 0.05) is 29.5 Å². The number of nitrogens with zero attached hydrogens (tertiary/aromatic N) is 3. The summed E-state index contributed by atoms with van der Waals surface area (Å²) >= 11 is 1.33. The van der Waals surface area contributed by atoms with Gasteiger partial charge in [0.2, 0.25) is 0 Å². The lowest BCUT2D eigenvalue weighted by Crippen LogP contribution is -2.35. The molecular weight excluding hydrogens is 551 g/mol. The molecule has 2 atom stereocenters. The second-order valence-corrected chi connectivity index (χ2v) is 9.78. The summed E-state index contributed by atoms with van der Waals surface area (Å²) in [5.41, 5.74) is -0.646. The average molecular weight is 574 g/mol. The molecule has 0 saturated carbocycles. The predicted octanol–water partition coefficient (Wildman–Crippen LogP) is 6.96. The van der Waals surface area contributed by atoms with Gasteiger partial charge in [-0.05, 0) is 42.6 Å². The van der Waals surface area contributed by atoms with E-state index in [0.29, 0.717) is 18.1 Å². The molecule has 40 heavy (non-hydrogen) atoms. The number of hydrogen-bond donors (Lipinski definition) is 2. The van der Waals surface area contributed by atoms with Crippen LogP contribution in [-0.4, -0.2) is 33.4 Å². The lowest BCUT2D eigenvalue weighted by Gasteiger charge is -2.32. The Balaban J connectivity index is 1.39. The van der Waals surface area contributed by atoms with Gasteiger partial charge < -0.3 is 20.1 Å². The van der Waals surface area contributed by atoms with E-state index < -0.39 is 29.1 Å². The van der Waals surface area contributed by atoms with E-state index in [4.69, 9.17) is 9.47 Å². The number of hydrogen-bond acceptors (Lipinski definition) is 8. The first-order valence-electron chi connectivity index (χ1n) is 12.1. The maximum Gasteiger partial charge on any atom is 0.410 e. The van der Waals surface area contributed by atoms with Crippen LogP contribution in [-0.2, 0) is 0 Å². The van der Waals surface area contributed by atoms with Crippen molar-refractivity contribution in [3.63, 3.8) is 0 Å². The van der Waals surface area contributed by atoms with Gasteiger partial charge in [0.15, 0.2) is 11.7 Å². The van der Waals surface area contributed by atoms with Crippen molar-refractivity contribution < 1.29 is 32.4 Å². The summed E-state index contributed by atoms with van der Waals surface area (Å²) in [5.74, 6) is 0.247. The second-order valence-electron chi connectivity index (χ2n) is 8.80. The van der Waals surface area contributed by atoms with Gasteiger partial charge in [-0.3, -0.25) is 14.9 Å². The minimum Gasteiger partial charge on any atom is -0.494 e. The molecule has 2 aromatic carbocycles. The number of aromatic nitrogens is 2.